The molecule has 210 valence electrons. The number of benzene rings is 2. The van der Waals surface area contributed by atoms with E-state index in [1.165, 1.54) is 18.1 Å². The fourth-order valence-corrected chi connectivity index (χ4v) is 8.40. The summed E-state index contributed by atoms with van der Waals surface area (Å²) in [4.78, 5) is 30.0. The topological polar surface area (TPSA) is 79.3 Å². The Balaban J connectivity index is 1.23. The maximum atomic E-state index is 13.5. The molecule has 3 fully saturated rings. The number of carbonyl (C=O) groups is 2. The van der Waals surface area contributed by atoms with Crippen LogP contribution in [0.1, 0.15) is 54.9 Å². The van der Waals surface area contributed by atoms with Gasteiger partial charge >= 0.3 is 5.97 Å². The Bertz CT molecular complexity index is 1400. The second kappa shape index (κ2) is 9.45. The van der Waals surface area contributed by atoms with Crippen molar-refractivity contribution >= 4 is 18.0 Å². The highest BCUT2D eigenvalue weighted by Crippen LogP contribution is 2.64. The van der Waals surface area contributed by atoms with Crippen molar-refractivity contribution in [1.82, 2.24) is 9.80 Å². The third-order valence-electron chi connectivity index (χ3n) is 10.3. The first-order valence-electron chi connectivity index (χ1n) is 14.7. The van der Waals surface area contributed by atoms with Gasteiger partial charge in [0, 0.05) is 49.5 Å². The first kappa shape index (κ1) is 25.8. The second-order valence-corrected chi connectivity index (χ2v) is 12.6. The molecule has 7 rings (SSSR count). The monoisotopic (exact) mass is 542 g/mol. The molecule has 2 aliphatic heterocycles. The van der Waals surface area contributed by atoms with Gasteiger partial charge in [-0.1, -0.05) is 35.9 Å². The van der Waals surface area contributed by atoms with Gasteiger partial charge in [-0.3, -0.25) is 14.5 Å². The zero-order valence-corrected chi connectivity index (χ0v) is 23.5. The van der Waals surface area contributed by atoms with Crippen LogP contribution in [0.25, 0.3) is 6.08 Å². The van der Waals surface area contributed by atoms with Crippen molar-refractivity contribution in [2.24, 2.45) is 11.8 Å². The van der Waals surface area contributed by atoms with Gasteiger partial charge in [0.05, 0.1) is 12.1 Å². The summed E-state index contributed by atoms with van der Waals surface area (Å²) in [5, 5.41) is 10.1. The molecule has 2 unspecified atom stereocenters. The molecule has 2 aromatic carbocycles. The van der Waals surface area contributed by atoms with Crippen molar-refractivity contribution in [3.63, 3.8) is 0 Å². The molecule has 2 bridgehead atoms. The van der Waals surface area contributed by atoms with Crippen molar-refractivity contribution in [3.8, 4) is 11.5 Å². The molecule has 7 heteroatoms. The number of amides is 1. The predicted octanol–water partition coefficient (Wildman–Crippen LogP) is 3.88. The number of carbonyl (C=O) groups excluding carboxylic acids is 2. The van der Waals surface area contributed by atoms with Gasteiger partial charge in [-0.2, -0.15) is 0 Å². The van der Waals surface area contributed by atoms with Crippen LogP contribution >= 0.6 is 0 Å². The molecule has 7 atom stereocenters. The molecule has 0 aromatic heterocycles. The molecule has 5 aliphatic rings. The zero-order valence-electron chi connectivity index (χ0n) is 23.5. The van der Waals surface area contributed by atoms with Crippen molar-refractivity contribution in [2.75, 3.05) is 20.1 Å². The minimum atomic E-state index is -0.361. The number of hydrogen-bond donors (Lipinski definition) is 1. The van der Waals surface area contributed by atoms with Crippen molar-refractivity contribution in [2.45, 2.75) is 75.7 Å². The summed E-state index contributed by atoms with van der Waals surface area (Å²) in [6.45, 7) is 5.36. The highest BCUT2D eigenvalue weighted by atomic mass is 16.6. The summed E-state index contributed by atoms with van der Waals surface area (Å²) in [5.41, 5.74) is 4.42. The normalized spacial score (nSPS) is 33.3. The summed E-state index contributed by atoms with van der Waals surface area (Å²) >= 11 is 0. The lowest BCUT2D eigenvalue weighted by atomic mass is 9.51. The van der Waals surface area contributed by atoms with Crippen LogP contribution in [0.4, 0.5) is 0 Å². The zero-order chi connectivity index (χ0) is 27.8. The number of aliphatic hydroxyl groups is 1. The van der Waals surface area contributed by atoms with E-state index in [0.29, 0.717) is 29.4 Å². The molecule has 2 saturated carbocycles. The molecule has 1 saturated heterocycles. The Morgan fingerprint density at radius 3 is 2.83 bits per heavy atom. The van der Waals surface area contributed by atoms with E-state index in [9.17, 15) is 14.7 Å². The number of likely N-dealkylation sites (N-methyl/N-ethyl adjacent to an activating group) is 1. The number of rotatable bonds is 6. The largest absolute Gasteiger partial charge is 0.483 e. The maximum absolute atomic E-state index is 13.5. The minimum Gasteiger partial charge on any atom is -0.483 e. The summed E-state index contributed by atoms with van der Waals surface area (Å²) in [7, 11) is 1.90. The molecule has 1 N–H and O–H groups in total. The van der Waals surface area contributed by atoms with E-state index in [2.05, 4.69) is 17.0 Å². The molecular formula is C33H38N2O5. The Morgan fingerprint density at radius 1 is 1.25 bits per heavy atom. The van der Waals surface area contributed by atoms with Crippen molar-refractivity contribution < 1.29 is 24.2 Å². The van der Waals surface area contributed by atoms with Gasteiger partial charge in [-0.05, 0) is 74.8 Å². The van der Waals surface area contributed by atoms with Crippen LogP contribution in [-0.4, -0.2) is 71.2 Å². The molecule has 3 aliphatic carbocycles. The van der Waals surface area contributed by atoms with Gasteiger partial charge in [0.15, 0.2) is 11.5 Å². The number of aryl methyl sites for hydroxylation is 1. The summed E-state index contributed by atoms with van der Waals surface area (Å²) in [6.07, 6.45) is 7.85. The van der Waals surface area contributed by atoms with Crippen molar-refractivity contribution in [3.05, 3.63) is 64.7 Å². The quantitative estimate of drug-likeness (QED) is 0.339. The molecule has 2 heterocycles. The van der Waals surface area contributed by atoms with Crippen LogP contribution in [-0.2, 0) is 21.4 Å². The molecule has 1 spiro atoms. The third-order valence-corrected chi connectivity index (χ3v) is 10.3. The van der Waals surface area contributed by atoms with Crippen LogP contribution < -0.4 is 9.47 Å². The first-order chi connectivity index (χ1) is 19.3. The average Bonchev–Trinajstić information content (AvgIpc) is 3.51. The SMILES string of the molecule is CC(=O)Oc1ccc2c3c1O[C@H]1[C@@H](N(C)C(=O)C=Cc4cccc(C)c4)CC[C@H]4[C@@H](C2)N(CC2CC2O)CC[C@@]341. The number of likely N-dealkylation sites (tertiary alicyclic amines) is 1. The number of esters is 1. The second-order valence-electron chi connectivity index (χ2n) is 12.6. The lowest BCUT2D eigenvalue weighted by Crippen LogP contribution is -2.69. The molecular weight excluding hydrogens is 504 g/mol. The fourth-order valence-electron chi connectivity index (χ4n) is 8.40. The van der Waals surface area contributed by atoms with Gasteiger partial charge in [0.25, 0.3) is 0 Å². The van der Waals surface area contributed by atoms with E-state index in [1.807, 2.05) is 49.2 Å². The summed E-state index contributed by atoms with van der Waals surface area (Å²) in [6, 6.07) is 12.4. The Hall–Kier alpha value is -3.16. The summed E-state index contributed by atoms with van der Waals surface area (Å²) < 4.78 is 12.5. The third kappa shape index (κ3) is 4.00. The van der Waals surface area contributed by atoms with E-state index >= 15 is 0 Å². The lowest BCUT2D eigenvalue weighted by Gasteiger charge is -2.60. The Labute approximate surface area is 235 Å². The van der Waals surface area contributed by atoms with Gasteiger partial charge in [-0.15, -0.1) is 0 Å². The van der Waals surface area contributed by atoms with Crippen molar-refractivity contribution in [1.29, 1.82) is 0 Å². The Morgan fingerprint density at radius 2 is 2.08 bits per heavy atom. The molecule has 1 amide bonds. The highest BCUT2D eigenvalue weighted by molar-refractivity contribution is 5.92. The lowest BCUT2D eigenvalue weighted by molar-refractivity contribution is -0.135. The van der Waals surface area contributed by atoms with E-state index in [1.54, 1.807) is 6.08 Å². The van der Waals surface area contributed by atoms with Crippen LogP contribution in [0.3, 0.4) is 0 Å². The highest BCUT2D eigenvalue weighted by Gasteiger charge is 2.66. The van der Waals surface area contributed by atoms with Crippen LogP contribution in [0.5, 0.6) is 11.5 Å². The molecule has 40 heavy (non-hydrogen) atoms. The van der Waals surface area contributed by atoms with Gasteiger partial charge < -0.3 is 19.5 Å². The predicted molar refractivity (Wildman–Crippen MR) is 151 cm³/mol. The van der Waals surface area contributed by atoms with Crippen LogP contribution in [0.15, 0.2) is 42.5 Å². The standard InChI is InChI=1S/C33H38N2O5/c1-19-5-4-6-21(15-19)7-12-29(38)34(3)25-10-9-24-26-16-22-8-11-28(39-20(2)36)31-30(22)33(24,32(25)40-31)13-14-35(26)18-23-17-27(23)37/h4-8,11-12,15,23-27,32,37H,9-10,13-14,16-18H2,1-3H3/t23?,24-,25-,26+,27?,32-,33-/m0/s1. The van der Waals surface area contributed by atoms with E-state index in [0.717, 1.165) is 56.3 Å². The Kier molecular flexibility index (Phi) is 6.09. The molecule has 7 nitrogen and oxygen atoms in total. The number of nitrogens with zero attached hydrogens (tertiary/aromatic N) is 2. The van der Waals surface area contributed by atoms with Crippen LogP contribution in [0, 0.1) is 18.8 Å². The van der Waals surface area contributed by atoms with E-state index in [4.69, 9.17) is 9.47 Å². The van der Waals surface area contributed by atoms with Gasteiger partial charge in [0.1, 0.15) is 6.10 Å². The number of piperidine rings is 1. The van der Waals surface area contributed by atoms with Gasteiger partial charge in [-0.25, -0.2) is 0 Å². The molecule has 2 aromatic rings. The van der Waals surface area contributed by atoms with Gasteiger partial charge in [0.2, 0.25) is 5.91 Å². The fraction of sp³-hybridized carbons (Fsp3) is 0.515. The maximum Gasteiger partial charge on any atom is 0.308 e. The summed E-state index contributed by atoms with van der Waals surface area (Å²) in [5.74, 6) is 1.58. The van der Waals surface area contributed by atoms with E-state index < -0.39 is 0 Å². The number of aliphatic hydroxyl groups excluding tert-OH is 1. The smallest absolute Gasteiger partial charge is 0.308 e. The first-order valence-corrected chi connectivity index (χ1v) is 14.7. The minimum absolute atomic E-state index is 0.0335. The average molecular weight is 543 g/mol. The van der Waals surface area contributed by atoms with Crippen LogP contribution in [0.2, 0.25) is 0 Å². The number of hydrogen-bond acceptors (Lipinski definition) is 6. The van der Waals surface area contributed by atoms with E-state index in [-0.39, 0.29) is 35.5 Å². The molecule has 0 radical (unpaired) electrons. The number of ether oxygens (including phenoxy) is 2.